The molecule has 0 atom stereocenters. The van der Waals surface area contributed by atoms with Crippen LogP contribution in [0.5, 0.6) is 0 Å². The molecule has 0 fully saturated rings. The molecule has 7 heteroatoms. The molecule has 1 heterocycles. The van der Waals surface area contributed by atoms with E-state index in [9.17, 15) is 8.42 Å². The Balaban J connectivity index is 3.01. The molecule has 0 aliphatic heterocycles. The van der Waals surface area contributed by atoms with E-state index in [1.54, 1.807) is 0 Å². The monoisotopic (exact) mass is 283 g/mol. The molecular weight excluding hydrogens is 266 g/mol. The lowest BCUT2D eigenvalue weighted by Gasteiger charge is -2.16. The first kappa shape index (κ1) is 15.6. The average Bonchev–Trinajstić information content (AvgIpc) is 2.42. The second kappa shape index (κ2) is 7.21. The number of methoxy groups -OCH3 is 1. The number of ether oxygens (including phenoxy) is 1. The van der Waals surface area contributed by atoms with Gasteiger partial charge in [-0.25, -0.2) is 8.42 Å². The Morgan fingerprint density at radius 3 is 2.84 bits per heavy atom. The lowest BCUT2D eigenvalue weighted by Crippen LogP contribution is -2.30. The van der Waals surface area contributed by atoms with Crippen molar-refractivity contribution in [2.45, 2.75) is 4.90 Å². The van der Waals surface area contributed by atoms with Gasteiger partial charge in [-0.1, -0.05) is 11.8 Å². The first-order valence-corrected chi connectivity index (χ1v) is 7.05. The lowest BCUT2D eigenvalue weighted by atomic mass is 10.3. The minimum absolute atomic E-state index is 0.106. The third kappa shape index (κ3) is 4.29. The van der Waals surface area contributed by atoms with E-state index in [0.29, 0.717) is 12.2 Å². The van der Waals surface area contributed by atoms with Gasteiger partial charge in [0, 0.05) is 38.7 Å². The molecule has 1 aromatic heterocycles. The summed E-state index contributed by atoms with van der Waals surface area (Å²) in [5.41, 5.74) is 5.79. The van der Waals surface area contributed by atoms with Crippen LogP contribution in [0.1, 0.15) is 5.56 Å². The number of likely N-dealkylation sites (N-methyl/N-ethyl adjacent to an activating group) is 1. The topological polar surface area (TPSA) is 85.5 Å². The third-order valence-electron chi connectivity index (χ3n) is 2.37. The fourth-order valence-electron chi connectivity index (χ4n) is 1.30. The molecule has 1 aromatic rings. The summed E-state index contributed by atoms with van der Waals surface area (Å²) in [6.07, 6.45) is 2.79. The van der Waals surface area contributed by atoms with Gasteiger partial charge in [0.1, 0.15) is 4.90 Å². The zero-order valence-corrected chi connectivity index (χ0v) is 11.8. The van der Waals surface area contributed by atoms with Gasteiger partial charge in [0.15, 0.2) is 0 Å². The van der Waals surface area contributed by atoms with Crippen molar-refractivity contribution in [2.75, 3.05) is 33.9 Å². The van der Waals surface area contributed by atoms with Gasteiger partial charge in [-0.3, -0.25) is 4.98 Å². The number of hydrogen-bond acceptors (Lipinski definition) is 5. The Labute approximate surface area is 113 Å². The Hall–Kier alpha value is -1.46. The van der Waals surface area contributed by atoms with E-state index in [1.165, 1.54) is 36.9 Å². The highest BCUT2D eigenvalue weighted by molar-refractivity contribution is 7.89. The van der Waals surface area contributed by atoms with Crippen LogP contribution in [-0.4, -0.2) is 51.6 Å². The highest BCUT2D eigenvalue weighted by Gasteiger charge is 2.20. The summed E-state index contributed by atoms with van der Waals surface area (Å²) in [5, 5.41) is 0. The SMILES string of the molecule is COCCN(C)S(=O)(=O)c1cncc(C#CCN)c1. The number of rotatable bonds is 5. The number of aromatic nitrogens is 1. The van der Waals surface area contributed by atoms with Gasteiger partial charge in [0.05, 0.1) is 13.2 Å². The van der Waals surface area contributed by atoms with Crippen LogP contribution in [0, 0.1) is 11.8 Å². The maximum absolute atomic E-state index is 12.2. The Bertz CT molecular complexity index is 575. The predicted octanol–water partition coefficient (Wildman–Crippen LogP) is -0.341. The zero-order valence-electron chi connectivity index (χ0n) is 11.0. The summed E-state index contributed by atoms with van der Waals surface area (Å²) in [6, 6.07) is 1.48. The number of nitrogens with two attached hydrogens (primary N) is 1. The second-order valence-electron chi connectivity index (χ2n) is 3.73. The molecule has 0 spiro atoms. The van der Waals surface area contributed by atoms with Crippen molar-refractivity contribution in [1.29, 1.82) is 0 Å². The van der Waals surface area contributed by atoms with E-state index in [0.717, 1.165) is 0 Å². The van der Waals surface area contributed by atoms with Crippen molar-refractivity contribution in [3.05, 3.63) is 24.0 Å². The molecule has 0 aliphatic carbocycles. The normalized spacial score (nSPS) is 11.2. The Morgan fingerprint density at radius 1 is 1.47 bits per heavy atom. The summed E-state index contributed by atoms with van der Waals surface area (Å²) in [4.78, 5) is 3.99. The molecule has 104 valence electrons. The van der Waals surface area contributed by atoms with Gasteiger partial charge < -0.3 is 10.5 Å². The summed E-state index contributed by atoms with van der Waals surface area (Å²) in [7, 11) is -0.555. The molecule has 1 rings (SSSR count). The van der Waals surface area contributed by atoms with Gasteiger partial charge in [0.25, 0.3) is 0 Å². The van der Waals surface area contributed by atoms with E-state index in [-0.39, 0.29) is 18.0 Å². The molecule has 0 aromatic carbocycles. The van der Waals surface area contributed by atoms with Crippen molar-refractivity contribution >= 4 is 10.0 Å². The first-order valence-electron chi connectivity index (χ1n) is 5.61. The van der Waals surface area contributed by atoms with Crippen LogP contribution in [0.3, 0.4) is 0 Å². The third-order valence-corrected chi connectivity index (χ3v) is 4.19. The smallest absolute Gasteiger partial charge is 0.244 e. The number of nitrogens with zero attached hydrogens (tertiary/aromatic N) is 2. The van der Waals surface area contributed by atoms with Crippen LogP contribution >= 0.6 is 0 Å². The predicted molar refractivity (Wildman–Crippen MR) is 71.9 cm³/mol. The molecule has 0 aliphatic rings. The van der Waals surface area contributed by atoms with Crippen LogP contribution in [0.15, 0.2) is 23.4 Å². The van der Waals surface area contributed by atoms with E-state index in [2.05, 4.69) is 16.8 Å². The molecular formula is C12H17N3O3S. The van der Waals surface area contributed by atoms with E-state index < -0.39 is 10.0 Å². The van der Waals surface area contributed by atoms with Crippen molar-refractivity contribution in [3.8, 4) is 11.8 Å². The van der Waals surface area contributed by atoms with Crippen LogP contribution in [-0.2, 0) is 14.8 Å². The minimum atomic E-state index is -3.57. The van der Waals surface area contributed by atoms with Crippen LogP contribution in [0.4, 0.5) is 0 Å². The summed E-state index contributed by atoms with van der Waals surface area (Å²) >= 11 is 0. The van der Waals surface area contributed by atoms with Crippen LogP contribution in [0.25, 0.3) is 0 Å². The highest BCUT2D eigenvalue weighted by Crippen LogP contribution is 2.13. The molecule has 0 amide bonds. The Morgan fingerprint density at radius 2 is 2.21 bits per heavy atom. The van der Waals surface area contributed by atoms with Gasteiger partial charge in [-0.2, -0.15) is 4.31 Å². The molecule has 0 unspecified atom stereocenters. The fourth-order valence-corrected chi connectivity index (χ4v) is 2.45. The molecule has 0 radical (unpaired) electrons. The summed E-state index contributed by atoms with van der Waals surface area (Å²) in [5.74, 6) is 5.41. The summed E-state index contributed by atoms with van der Waals surface area (Å²) in [6.45, 7) is 0.818. The second-order valence-corrected chi connectivity index (χ2v) is 5.78. The highest BCUT2D eigenvalue weighted by atomic mass is 32.2. The van der Waals surface area contributed by atoms with Gasteiger partial charge in [0.2, 0.25) is 10.0 Å². The number of sulfonamides is 1. The zero-order chi connectivity index (χ0) is 14.3. The largest absolute Gasteiger partial charge is 0.383 e. The number of hydrogen-bond donors (Lipinski definition) is 1. The molecule has 19 heavy (non-hydrogen) atoms. The first-order chi connectivity index (χ1) is 9.02. The van der Waals surface area contributed by atoms with Crippen LogP contribution in [0.2, 0.25) is 0 Å². The molecule has 6 nitrogen and oxygen atoms in total. The quantitative estimate of drug-likeness (QED) is 0.747. The lowest BCUT2D eigenvalue weighted by molar-refractivity contribution is 0.185. The van der Waals surface area contributed by atoms with E-state index in [1.807, 2.05) is 0 Å². The maximum atomic E-state index is 12.2. The number of pyridine rings is 1. The van der Waals surface area contributed by atoms with E-state index in [4.69, 9.17) is 10.5 Å². The van der Waals surface area contributed by atoms with Gasteiger partial charge in [-0.15, -0.1) is 0 Å². The standard InChI is InChI=1S/C12H17N3O3S/c1-15(6-7-18-2)19(16,17)12-8-11(4-3-5-13)9-14-10-12/h8-10H,5-7,13H2,1-2H3. The van der Waals surface area contributed by atoms with Crippen molar-refractivity contribution in [2.24, 2.45) is 5.73 Å². The molecule has 0 saturated heterocycles. The van der Waals surface area contributed by atoms with Crippen LogP contribution < -0.4 is 5.73 Å². The molecule has 0 saturated carbocycles. The molecule has 0 bridgehead atoms. The van der Waals surface area contributed by atoms with Crippen molar-refractivity contribution in [3.63, 3.8) is 0 Å². The fraction of sp³-hybridized carbons (Fsp3) is 0.417. The van der Waals surface area contributed by atoms with Crippen molar-refractivity contribution < 1.29 is 13.2 Å². The van der Waals surface area contributed by atoms with Gasteiger partial charge >= 0.3 is 0 Å². The Kier molecular flexibility index (Phi) is 5.92. The average molecular weight is 283 g/mol. The summed E-state index contributed by atoms with van der Waals surface area (Å²) < 4.78 is 30.5. The van der Waals surface area contributed by atoms with E-state index >= 15 is 0 Å². The molecule has 2 N–H and O–H groups in total. The van der Waals surface area contributed by atoms with Gasteiger partial charge in [-0.05, 0) is 6.07 Å². The maximum Gasteiger partial charge on any atom is 0.244 e. The minimum Gasteiger partial charge on any atom is -0.383 e. The van der Waals surface area contributed by atoms with Crippen molar-refractivity contribution in [1.82, 2.24) is 9.29 Å².